The molecule has 0 heterocycles. The first kappa shape index (κ1) is 16.3. The molecule has 2 aromatic carbocycles. The van der Waals surface area contributed by atoms with Crippen LogP contribution in [0.5, 0.6) is 0 Å². The van der Waals surface area contributed by atoms with Crippen molar-refractivity contribution in [2.24, 2.45) is 0 Å². The largest absolute Gasteiger partial charge is 0.347 e. The van der Waals surface area contributed by atoms with Crippen LogP contribution >= 0.6 is 0 Å². The summed E-state index contributed by atoms with van der Waals surface area (Å²) < 4.78 is 0. The Bertz CT molecular complexity index is 745. The minimum atomic E-state index is -0.412. The Morgan fingerprint density at radius 3 is 2.57 bits per heavy atom. The molecule has 0 aliphatic heterocycles. The summed E-state index contributed by atoms with van der Waals surface area (Å²) in [5.41, 5.74) is 2.81. The van der Waals surface area contributed by atoms with Crippen molar-refractivity contribution in [1.82, 2.24) is 0 Å². The van der Waals surface area contributed by atoms with Crippen LogP contribution < -0.4 is 10.2 Å². The van der Waals surface area contributed by atoms with Gasteiger partial charge in [-0.1, -0.05) is 30.3 Å². The second-order valence-electron chi connectivity index (χ2n) is 5.10. The van der Waals surface area contributed by atoms with E-state index in [2.05, 4.69) is 5.32 Å². The van der Waals surface area contributed by atoms with Crippen LogP contribution in [0, 0.1) is 18.3 Å². The van der Waals surface area contributed by atoms with Crippen molar-refractivity contribution in [3.8, 4) is 6.07 Å². The minimum Gasteiger partial charge on any atom is -0.347 e. The smallest absolute Gasteiger partial charge is 0.267 e. The third-order valence-electron chi connectivity index (χ3n) is 3.36. The number of nitrogens with zero attached hydrogens (tertiary/aromatic N) is 2. The third-order valence-corrected chi connectivity index (χ3v) is 3.36. The van der Waals surface area contributed by atoms with Gasteiger partial charge < -0.3 is 10.2 Å². The monoisotopic (exact) mass is 305 g/mol. The molecule has 0 aliphatic carbocycles. The highest BCUT2D eigenvalue weighted by Crippen LogP contribution is 2.17. The number of hydrogen-bond donors (Lipinski definition) is 1. The zero-order valence-electron chi connectivity index (χ0n) is 13.3. The van der Waals surface area contributed by atoms with E-state index in [-0.39, 0.29) is 5.57 Å². The van der Waals surface area contributed by atoms with Gasteiger partial charge >= 0.3 is 0 Å². The van der Waals surface area contributed by atoms with E-state index in [4.69, 9.17) is 0 Å². The maximum atomic E-state index is 12.3. The van der Waals surface area contributed by atoms with Gasteiger partial charge in [0.1, 0.15) is 11.6 Å². The maximum absolute atomic E-state index is 12.3. The van der Waals surface area contributed by atoms with Gasteiger partial charge in [-0.3, -0.25) is 4.79 Å². The van der Waals surface area contributed by atoms with Crippen LogP contribution in [0.1, 0.15) is 12.5 Å². The standard InChI is InChI=1S/C19H19N3O/c1-3-22(18-11-7-8-15(2)12-18)14-16(13-20)19(23)21-17-9-5-4-6-10-17/h4-12,14H,3H2,1-2H3,(H,21,23)/b16-14+. The van der Waals surface area contributed by atoms with Crippen LogP contribution in [0.15, 0.2) is 66.4 Å². The molecule has 4 nitrogen and oxygen atoms in total. The summed E-state index contributed by atoms with van der Waals surface area (Å²) in [5.74, 6) is -0.412. The zero-order valence-corrected chi connectivity index (χ0v) is 13.3. The molecule has 2 aromatic rings. The fraction of sp³-hybridized carbons (Fsp3) is 0.158. The Morgan fingerprint density at radius 2 is 1.96 bits per heavy atom. The number of carbonyl (C=O) groups excluding carboxylic acids is 1. The molecule has 0 aromatic heterocycles. The number of hydrogen-bond acceptors (Lipinski definition) is 3. The number of nitrogens with one attached hydrogen (secondary N) is 1. The van der Waals surface area contributed by atoms with E-state index in [1.165, 1.54) is 0 Å². The van der Waals surface area contributed by atoms with E-state index >= 15 is 0 Å². The summed E-state index contributed by atoms with van der Waals surface area (Å²) in [6, 6.07) is 19.0. The van der Waals surface area contributed by atoms with Crippen LogP contribution in [-0.4, -0.2) is 12.5 Å². The van der Waals surface area contributed by atoms with Gasteiger partial charge in [-0.15, -0.1) is 0 Å². The average Bonchev–Trinajstić information content (AvgIpc) is 2.56. The molecule has 0 fully saturated rings. The molecular formula is C19H19N3O. The lowest BCUT2D eigenvalue weighted by atomic mass is 10.2. The Balaban J connectivity index is 2.22. The van der Waals surface area contributed by atoms with Crippen molar-refractivity contribution in [3.05, 3.63) is 71.9 Å². The highest BCUT2D eigenvalue weighted by molar-refractivity contribution is 6.06. The first-order valence-electron chi connectivity index (χ1n) is 7.45. The molecule has 0 radical (unpaired) electrons. The van der Waals surface area contributed by atoms with E-state index in [0.29, 0.717) is 12.2 Å². The van der Waals surface area contributed by atoms with E-state index in [9.17, 15) is 10.1 Å². The van der Waals surface area contributed by atoms with E-state index in [1.807, 2.05) is 67.3 Å². The normalized spacial score (nSPS) is 10.7. The van der Waals surface area contributed by atoms with E-state index in [0.717, 1.165) is 11.3 Å². The number of benzene rings is 2. The van der Waals surface area contributed by atoms with E-state index < -0.39 is 5.91 Å². The molecule has 0 atom stereocenters. The number of para-hydroxylation sites is 1. The van der Waals surface area contributed by atoms with Gasteiger partial charge in [-0.25, -0.2) is 0 Å². The van der Waals surface area contributed by atoms with Crippen LogP contribution in [0.2, 0.25) is 0 Å². The predicted octanol–water partition coefficient (Wildman–Crippen LogP) is 3.87. The van der Waals surface area contributed by atoms with E-state index in [1.54, 1.807) is 18.3 Å². The molecule has 0 bridgehead atoms. The quantitative estimate of drug-likeness (QED) is 0.674. The Morgan fingerprint density at radius 1 is 1.22 bits per heavy atom. The van der Waals surface area contributed by atoms with Gasteiger partial charge in [-0.2, -0.15) is 5.26 Å². The molecule has 0 saturated heterocycles. The van der Waals surface area contributed by atoms with Gasteiger partial charge in [0.15, 0.2) is 0 Å². The summed E-state index contributed by atoms with van der Waals surface area (Å²) in [7, 11) is 0. The second-order valence-corrected chi connectivity index (χ2v) is 5.10. The molecule has 1 amide bonds. The number of rotatable bonds is 5. The molecule has 0 saturated carbocycles. The SMILES string of the molecule is CCN(/C=C(\C#N)C(=O)Nc1ccccc1)c1cccc(C)c1. The van der Waals surface area contributed by atoms with Crippen molar-refractivity contribution in [2.45, 2.75) is 13.8 Å². The first-order chi connectivity index (χ1) is 11.1. The fourth-order valence-electron chi connectivity index (χ4n) is 2.17. The Kier molecular flexibility index (Phi) is 5.54. The molecule has 116 valence electrons. The van der Waals surface area contributed by atoms with Gasteiger partial charge in [0.2, 0.25) is 0 Å². The number of aryl methyl sites for hydroxylation is 1. The molecule has 23 heavy (non-hydrogen) atoms. The topological polar surface area (TPSA) is 56.1 Å². The lowest BCUT2D eigenvalue weighted by Crippen LogP contribution is -2.20. The van der Waals surface area contributed by atoms with Gasteiger partial charge in [-0.05, 0) is 43.7 Å². The lowest BCUT2D eigenvalue weighted by Gasteiger charge is -2.19. The minimum absolute atomic E-state index is 0.0669. The van der Waals surface area contributed by atoms with Gasteiger partial charge in [0, 0.05) is 24.1 Å². The average molecular weight is 305 g/mol. The molecule has 0 aliphatic rings. The van der Waals surface area contributed by atoms with Crippen molar-refractivity contribution < 1.29 is 4.79 Å². The Hall–Kier alpha value is -3.06. The maximum Gasteiger partial charge on any atom is 0.267 e. The van der Waals surface area contributed by atoms with Crippen LogP contribution in [0.25, 0.3) is 0 Å². The summed E-state index contributed by atoms with van der Waals surface area (Å²) >= 11 is 0. The van der Waals surface area contributed by atoms with Gasteiger partial charge in [0.05, 0.1) is 0 Å². The Labute approximate surface area is 136 Å². The molecule has 0 unspecified atom stereocenters. The summed E-state index contributed by atoms with van der Waals surface area (Å²) in [4.78, 5) is 14.1. The van der Waals surface area contributed by atoms with Crippen LogP contribution in [-0.2, 0) is 4.79 Å². The predicted molar refractivity (Wildman–Crippen MR) is 93.0 cm³/mol. The number of nitriles is 1. The third kappa shape index (κ3) is 4.45. The van der Waals surface area contributed by atoms with Crippen molar-refractivity contribution in [1.29, 1.82) is 5.26 Å². The van der Waals surface area contributed by atoms with Crippen molar-refractivity contribution in [3.63, 3.8) is 0 Å². The summed E-state index contributed by atoms with van der Waals surface area (Å²) in [6.45, 7) is 4.64. The number of carbonyl (C=O) groups is 1. The van der Waals surface area contributed by atoms with Crippen LogP contribution in [0.3, 0.4) is 0 Å². The second kappa shape index (κ2) is 7.81. The van der Waals surface area contributed by atoms with Gasteiger partial charge in [0.25, 0.3) is 5.91 Å². The number of amides is 1. The molecule has 2 rings (SSSR count). The molecular weight excluding hydrogens is 286 g/mol. The lowest BCUT2D eigenvalue weighted by molar-refractivity contribution is -0.112. The van der Waals surface area contributed by atoms with Crippen molar-refractivity contribution in [2.75, 3.05) is 16.8 Å². The summed E-state index contributed by atoms with van der Waals surface area (Å²) in [5, 5.41) is 12.0. The highest BCUT2D eigenvalue weighted by Gasteiger charge is 2.12. The molecule has 1 N–H and O–H groups in total. The molecule has 4 heteroatoms. The number of anilines is 2. The van der Waals surface area contributed by atoms with Crippen LogP contribution in [0.4, 0.5) is 11.4 Å². The zero-order chi connectivity index (χ0) is 16.7. The highest BCUT2D eigenvalue weighted by atomic mass is 16.1. The molecule has 0 spiro atoms. The first-order valence-corrected chi connectivity index (χ1v) is 7.45. The fourth-order valence-corrected chi connectivity index (χ4v) is 2.17. The summed E-state index contributed by atoms with van der Waals surface area (Å²) in [6.07, 6.45) is 1.59. The van der Waals surface area contributed by atoms with Crippen molar-refractivity contribution >= 4 is 17.3 Å².